The monoisotopic (exact) mass is 341 g/mol. The fourth-order valence-corrected chi connectivity index (χ4v) is 3.23. The predicted molar refractivity (Wildman–Crippen MR) is 94.7 cm³/mol. The lowest BCUT2D eigenvalue weighted by Gasteiger charge is -2.11. The highest BCUT2D eigenvalue weighted by Gasteiger charge is 2.12. The van der Waals surface area contributed by atoms with Gasteiger partial charge in [-0.1, -0.05) is 0 Å². The lowest BCUT2D eigenvalue weighted by atomic mass is 10.1. The largest absolute Gasteiger partial charge is 0.387 e. The molecule has 1 aromatic carbocycles. The van der Waals surface area contributed by atoms with E-state index in [0.29, 0.717) is 5.56 Å². The van der Waals surface area contributed by atoms with Crippen molar-refractivity contribution in [3.63, 3.8) is 0 Å². The first-order valence-electron chi connectivity index (χ1n) is 7.66. The van der Waals surface area contributed by atoms with Gasteiger partial charge in [-0.15, -0.1) is 0 Å². The summed E-state index contributed by atoms with van der Waals surface area (Å²) in [6.45, 7) is 4.13. The fraction of sp³-hybridized carbons (Fsp3) is 0.222. The maximum absolute atomic E-state index is 12.2. The minimum atomic E-state index is -0.686. The number of rotatable bonds is 5. The van der Waals surface area contributed by atoms with E-state index >= 15 is 0 Å². The van der Waals surface area contributed by atoms with Crippen LogP contribution in [0.5, 0.6) is 0 Å². The molecule has 0 bridgehead atoms. The summed E-state index contributed by atoms with van der Waals surface area (Å²) in [6, 6.07) is 11.1. The summed E-state index contributed by atoms with van der Waals surface area (Å²) in [5.41, 5.74) is 4.29. The zero-order valence-corrected chi connectivity index (χ0v) is 14.4. The molecule has 0 fully saturated rings. The second-order valence-electron chi connectivity index (χ2n) is 5.67. The molecule has 1 amide bonds. The van der Waals surface area contributed by atoms with E-state index in [1.54, 1.807) is 12.1 Å². The van der Waals surface area contributed by atoms with E-state index in [4.69, 9.17) is 0 Å². The highest BCUT2D eigenvalue weighted by molar-refractivity contribution is 7.07. The lowest BCUT2D eigenvalue weighted by Crippen LogP contribution is -2.28. The Morgan fingerprint density at radius 3 is 2.62 bits per heavy atom. The van der Waals surface area contributed by atoms with Crippen molar-refractivity contribution in [3.8, 4) is 5.69 Å². The molecule has 0 aliphatic rings. The fourth-order valence-electron chi connectivity index (χ4n) is 2.52. The number of hydrogen-bond acceptors (Lipinski definition) is 4. The van der Waals surface area contributed by atoms with Gasteiger partial charge in [0.25, 0.3) is 5.91 Å². The van der Waals surface area contributed by atoms with Gasteiger partial charge in [-0.25, -0.2) is 4.68 Å². The van der Waals surface area contributed by atoms with Crippen LogP contribution >= 0.6 is 11.3 Å². The number of nitrogens with one attached hydrogen (secondary N) is 1. The van der Waals surface area contributed by atoms with Gasteiger partial charge in [-0.3, -0.25) is 4.79 Å². The molecule has 5 nitrogen and oxygen atoms in total. The van der Waals surface area contributed by atoms with Crippen LogP contribution in [0.1, 0.15) is 33.4 Å². The van der Waals surface area contributed by atoms with Crippen molar-refractivity contribution in [1.29, 1.82) is 0 Å². The van der Waals surface area contributed by atoms with E-state index in [-0.39, 0.29) is 12.5 Å². The number of hydrogen-bond donors (Lipinski definition) is 2. The third-order valence-electron chi connectivity index (χ3n) is 3.77. The van der Waals surface area contributed by atoms with Gasteiger partial charge in [-0.2, -0.15) is 16.4 Å². The van der Waals surface area contributed by atoms with Crippen molar-refractivity contribution < 1.29 is 9.90 Å². The normalized spacial score (nSPS) is 12.1. The van der Waals surface area contributed by atoms with E-state index in [1.165, 1.54) is 11.3 Å². The van der Waals surface area contributed by atoms with Crippen LogP contribution in [0.4, 0.5) is 0 Å². The van der Waals surface area contributed by atoms with Gasteiger partial charge < -0.3 is 10.4 Å². The molecule has 0 aliphatic heterocycles. The van der Waals surface area contributed by atoms with Crippen LogP contribution in [-0.4, -0.2) is 27.3 Å². The third-order valence-corrected chi connectivity index (χ3v) is 4.47. The highest BCUT2D eigenvalue weighted by atomic mass is 32.1. The number of aromatic nitrogens is 2. The SMILES string of the molecule is Cc1cc(C)n(-c2ccc(C(=O)NCC(O)c3ccsc3)cc2)n1. The molecule has 0 aliphatic carbocycles. The first-order valence-corrected chi connectivity index (χ1v) is 8.61. The number of amides is 1. The second kappa shape index (κ2) is 6.98. The molecule has 1 atom stereocenters. The Hall–Kier alpha value is -2.44. The maximum atomic E-state index is 12.2. The molecule has 24 heavy (non-hydrogen) atoms. The van der Waals surface area contributed by atoms with Crippen LogP contribution in [0.3, 0.4) is 0 Å². The number of nitrogens with zero attached hydrogens (tertiary/aromatic N) is 2. The number of aliphatic hydroxyl groups is 1. The smallest absolute Gasteiger partial charge is 0.251 e. The van der Waals surface area contributed by atoms with Crippen LogP contribution in [-0.2, 0) is 0 Å². The molecular formula is C18H19N3O2S. The summed E-state index contributed by atoms with van der Waals surface area (Å²) in [6.07, 6.45) is -0.686. The summed E-state index contributed by atoms with van der Waals surface area (Å²) in [7, 11) is 0. The van der Waals surface area contributed by atoms with E-state index in [2.05, 4.69) is 10.4 Å². The van der Waals surface area contributed by atoms with Gasteiger partial charge in [0.05, 0.1) is 17.5 Å². The summed E-state index contributed by atoms with van der Waals surface area (Å²) >= 11 is 1.52. The summed E-state index contributed by atoms with van der Waals surface area (Å²) in [4.78, 5) is 12.2. The molecule has 6 heteroatoms. The molecule has 2 heterocycles. The molecule has 0 radical (unpaired) electrons. The topological polar surface area (TPSA) is 67.2 Å². The van der Waals surface area contributed by atoms with Crippen LogP contribution in [0.15, 0.2) is 47.2 Å². The quantitative estimate of drug-likeness (QED) is 0.750. The highest BCUT2D eigenvalue weighted by Crippen LogP contribution is 2.16. The Bertz CT molecular complexity index is 823. The Balaban J connectivity index is 1.65. The standard InChI is InChI=1S/C18H19N3O2S/c1-12-9-13(2)21(20-12)16-5-3-14(4-6-16)18(23)19-10-17(22)15-7-8-24-11-15/h3-9,11,17,22H,10H2,1-2H3,(H,19,23). The van der Waals surface area contributed by atoms with E-state index in [0.717, 1.165) is 22.6 Å². The minimum absolute atomic E-state index is 0.189. The Morgan fingerprint density at radius 2 is 2.04 bits per heavy atom. The van der Waals surface area contributed by atoms with Gasteiger partial charge >= 0.3 is 0 Å². The van der Waals surface area contributed by atoms with Gasteiger partial charge in [0.15, 0.2) is 0 Å². The van der Waals surface area contributed by atoms with Gasteiger partial charge in [0.1, 0.15) is 0 Å². The number of aryl methyl sites for hydroxylation is 2. The van der Waals surface area contributed by atoms with Crippen LogP contribution in [0.25, 0.3) is 5.69 Å². The molecule has 2 N–H and O–H groups in total. The summed E-state index contributed by atoms with van der Waals surface area (Å²) in [5.74, 6) is -0.204. The molecule has 0 saturated carbocycles. The van der Waals surface area contributed by atoms with Gasteiger partial charge in [0, 0.05) is 17.8 Å². The number of benzene rings is 1. The molecule has 2 aromatic heterocycles. The minimum Gasteiger partial charge on any atom is -0.387 e. The van der Waals surface area contributed by atoms with Crippen LogP contribution in [0.2, 0.25) is 0 Å². The number of aliphatic hydroxyl groups excluding tert-OH is 1. The number of thiophene rings is 1. The maximum Gasteiger partial charge on any atom is 0.251 e. The number of carbonyl (C=O) groups is 1. The average Bonchev–Trinajstić information content (AvgIpc) is 3.22. The average molecular weight is 341 g/mol. The molecule has 3 rings (SSSR count). The second-order valence-corrected chi connectivity index (χ2v) is 6.45. The Morgan fingerprint density at radius 1 is 1.29 bits per heavy atom. The van der Waals surface area contributed by atoms with E-state index in [9.17, 15) is 9.90 Å². The summed E-state index contributed by atoms with van der Waals surface area (Å²) in [5, 5.41) is 21.0. The zero-order valence-electron chi connectivity index (χ0n) is 13.6. The first kappa shape index (κ1) is 16.4. The van der Waals surface area contributed by atoms with Gasteiger partial charge in [0.2, 0.25) is 0 Å². The first-order chi connectivity index (χ1) is 11.5. The third kappa shape index (κ3) is 3.55. The van der Waals surface area contributed by atoms with Crippen molar-refractivity contribution in [3.05, 3.63) is 69.7 Å². The Labute approximate surface area is 144 Å². The zero-order chi connectivity index (χ0) is 17.1. The van der Waals surface area contributed by atoms with Crippen molar-refractivity contribution in [1.82, 2.24) is 15.1 Å². The molecule has 124 valence electrons. The van der Waals surface area contributed by atoms with Crippen molar-refractivity contribution in [2.45, 2.75) is 20.0 Å². The van der Waals surface area contributed by atoms with Crippen molar-refractivity contribution >= 4 is 17.2 Å². The van der Waals surface area contributed by atoms with Crippen molar-refractivity contribution in [2.75, 3.05) is 6.54 Å². The lowest BCUT2D eigenvalue weighted by molar-refractivity contribution is 0.0916. The van der Waals surface area contributed by atoms with E-state index in [1.807, 2.05) is 53.6 Å². The molecule has 1 unspecified atom stereocenters. The molecule has 0 spiro atoms. The predicted octanol–water partition coefficient (Wildman–Crippen LogP) is 3.01. The van der Waals surface area contributed by atoms with Crippen LogP contribution < -0.4 is 5.32 Å². The summed E-state index contributed by atoms with van der Waals surface area (Å²) < 4.78 is 1.84. The van der Waals surface area contributed by atoms with E-state index < -0.39 is 6.10 Å². The van der Waals surface area contributed by atoms with Crippen LogP contribution in [0, 0.1) is 13.8 Å². The molecular weight excluding hydrogens is 322 g/mol. The molecule has 3 aromatic rings. The van der Waals surface area contributed by atoms with Crippen molar-refractivity contribution in [2.24, 2.45) is 0 Å². The Kier molecular flexibility index (Phi) is 4.78. The molecule has 0 saturated heterocycles. The van der Waals surface area contributed by atoms with Gasteiger partial charge in [-0.05, 0) is 66.6 Å². The number of carbonyl (C=O) groups excluding carboxylic acids is 1.